The molecule has 3 aromatic carbocycles. The van der Waals surface area contributed by atoms with Crippen molar-refractivity contribution in [1.29, 1.82) is 0 Å². The van der Waals surface area contributed by atoms with E-state index in [1.54, 1.807) is 17.9 Å². The molecule has 1 aromatic heterocycles. The standard InChI is InChI=1S/C28H24F3N3O2/c1-18-23(17-33(16-19-11-12-19)27(35)22-9-5-6-10-24(22)30)28(34(32-18)21-7-3-2-4-8-21)36-26-14-13-20(29)15-25(26)31/h2-10,13-15,19H,11-12,16-17H2,1H3. The molecule has 0 N–H and O–H groups in total. The van der Waals surface area contributed by atoms with Crippen LogP contribution in [0.25, 0.3) is 5.69 Å². The number of ether oxygens (including phenoxy) is 1. The van der Waals surface area contributed by atoms with Gasteiger partial charge < -0.3 is 9.64 Å². The summed E-state index contributed by atoms with van der Waals surface area (Å²) in [7, 11) is 0. The monoisotopic (exact) mass is 491 g/mol. The molecule has 1 saturated carbocycles. The van der Waals surface area contributed by atoms with Crippen molar-refractivity contribution < 1.29 is 22.7 Å². The van der Waals surface area contributed by atoms with Crippen LogP contribution in [-0.4, -0.2) is 27.1 Å². The van der Waals surface area contributed by atoms with Crippen molar-refractivity contribution in [3.05, 3.63) is 107 Å². The molecule has 0 saturated heterocycles. The highest BCUT2D eigenvalue weighted by atomic mass is 19.1. The molecule has 1 aliphatic carbocycles. The fourth-order valence-corrected chi connectivity index (χ4v) is 4.06. The number of rotatable bonds is 8. The smallest absolute Gasteiger partial charge is 0.257 e. The van der Waals surface area contributed by atoms with E-state index in [4.69, 9.17) is 4.74 Å². The van der Waals surface area contributed by atoms with Gasteiger partial charge in [0.2, 0.25) is 5.88 Å². The Bertz CT molecular complexity index is 1400. The van der Waals surface area contributed by atoms with E-state index in [0.717, 1.165) is 25.0 Å². The molecule has 0 bridgehead atoms. The zero-order valence-corrected chi connectivity index (χ0v) is 19.6. The van der Waals surface area contributed by atoms with Crippen molar-refractivity contribution in [2.45, 2.75) is 26.3 Å². The summed E-state index contributed by atoms with van der Waals surface area (Å²) >= 11 is 0. The Hall–Kier alpha value is -4.07. The van der Waals surface area contributed by atoms with Crippen LogP contribution in [0.15, 0.2) is 72.8 Å². The first-order valence-electron chi connectivity index (χ1n) is 11.7. The minimum Gasteiger partial charge on any atom is -0.435 e. The van der Waals surface area contributed by atoms with Gasteiger partial charge in [-0.1, -0.05) is 30.3 Å². The van der Waals surface area contributed by atoms with Crippen molar-refractivity contribution in [1.82, 2.24) is 14.7 Å². The van der Waals surface area contributed by atoms with E-state index >= 15 is 0 Å². The molecule has 0 radical (unpaired) electrons. The quantitative estimate of drug-likeness (QED) is 0.285. The highest BCUT2D eigenvalue weighted by molar-refractivity contribution is 5.94. The normalized spacial score (nSPS) is 13.0. The molecule has 5 nitrogen and oxygen atoms in total. The molecule has 1 aliphatic rings. The maximum atomic E-state index is 14.5. The Morgan fingerprint density at radius 3 is 2.42 bits per heavy atom. The minimum atomic E-state index is -0.864. The predicted molar refractivity (Wildman–Crippen MR) is 129 cm³/mol. The lowest BCUT2D eigenvalue weighted by molar-refractivity contribution is 0.0729. The second kappa shape index (κ2) is 9.89. The van der Waals surface area contributed by atoms with Crippen LogP contribution < -0.4 is 4.74 Å². The topological polar surface area (TPSA) is 47.4 Å². The molecule has 0 spiro atoms. The van der Waals surface area contributed by atoms with E-state index < -0.39 is 23.4 Å². The number of para-hydroxylation sites is 1. The second-order valence-corrected chi connectivity index (χ2v) is 8.90. The number of amides is 1. The predicted octanol–water partition coefficient (Wildman–Crippen LogP) is 6.44. The molecule has 8 heteroatoms. The molecule has 1 heterocycles. The number of carbonyl (C=O) groups excluding carboxylic acids is 1. The highest BCUT2D eigenvalue weighted by Gasteiger charge is 2.31. The number of carbonyl (C=O) groups is 1. The summed E-state index contributed by atoms with van der Waals surface area (Å²) in [6.45, 7) is 2.31. The number of nitrogens with zero attached hydrogens (tertiary/aromatic N) is 3. The Labute approximate surface area is 206 Å². The zero-order chi connectivity index (χ0) is 25.2. The summed E-state index contributed by atoms with van der Waals surface area (Å²) < 4.78 is 50.0. The molecule has 0 unspecified atom stereocenters. The number of hydrogen-bond donors (Lipinski definition) is 0. The summed E-state index contributed by atoms with van der Waals surface area (Å²) in [4.78, 5) is 15.0. The lowest BCUT2D eigenvalue weighted by atomic mass is 10.1. The van der Waals surface area contributed by atoms with Crippen LogP contribution in [0.4, 0.5) is 13.2 Å². The molecular weight excluding hydrogens is 467 g/mol. The third kappa shape index (κ3) is 4.98. The average Bonchev–Trinajstić information content (AvgIpc) is 3.64. The van der Waals surface area contributed by atoms with Gasteiger partial charge in [0.05, 0.1) is 29.1 Å². The molecule has 0 atom stereocenters. The molecule has 184 valence electrons. The molecule has 4 aromatic rings. The van der Waals surface area contributed by atoms with Crippen molar-refractivity contribution in [3.63, 3.8) is 0 Å². The SMILES string of the molecule is Cc1nn(-c2ccccc2)c(Oc2ccc(F)cc2F)c1CN(CC1CC1)C(=O)c1ccccc1F. The van der Waals surface area contributed by atoms with Gasteiger partial charge in [-0.2, -0.15) is 5.10 Å². The van der Waals surface area contributed by atoms with Gasteiger partial charge in [0.1, 0.15) is 11.6 Å². The molecule has 36 heavy (non-hydrogen) atoms. The lowest BCUT2D eigenvalue weighted by Gasteiger charge is -2.23. The maximum Gasteiger partial charge on any atom is 0.257 e. The second-order valence-electron chi connectivity index (χ2n) is 8.90. The van der Waals surface area contributed by atoms with E-state index in [1.165, 1.54) is 28.9 Å². The summed E-state index contributed by atoms with van der Waals surface area (Å²) in [5.74, 6) is -2.26. The van der Waals surface area contributed by atoms with Gasteiger partial charge in [-0.25, -0.2) is 17.9 Å². The van der Waals surface area contributed by atoms with E-state index in [1.807, 2.05) is 30.3 Å². The average molecular weight is 492 g/mol. The number of benzene rings is 3. The molecule has 1 fully saturated rings. The maximum absolute atomic E-state index is 14.5. The van der Waals surface area contributed by atoms with Crippen molar-refractivity contribution in [2.75, 3.05) is 6.54 Å². The van der Waals surface area contributed by atoms with Crippen molar-refractivity contribution >= 4 is 5.91 Å². The van der Waals surface area contributed by atoms with Gasteiger partial charge in [-0.15, -0.1) is 0 Å². The third-order valence-corrected chi connectivity index (χ3v) is 6.15. The van der Waals surface area contributed by atoms with Crippen LogP contribution >= 0.6 is 0 Å². The van der Waals surface area contributed by atoms with Gasteiger partial charge in [0, 0.05) is 12.6 Å². The summed E-state index contributed by atoms with van der Waals surface area (Å²) in [5.41, 5.74) is 1.77. The van der Waals surface area contributed by atoms with Gasteiger partial charge in [0.15, 0.2) is 11.6 Å². The minimum absolute atomic E-state index is 0.0155. The lowest BCUT2D eigenvalue weighted by Crippen LogP contribution is -2.33. The van der Waals surface area contributed by atoms with Crippen LogP contribution in [0.5, 0.6) is 11.6 Å². The Kier molecular flexibility index (Phi) is 6.50. The molecule has 1 amide bonds. The molecular formula is C28H24F3N3O2. The zero-order valence-electron chi connectivity index (χ0n) is 19.6. The van der Waals surface area contributed by atoms with Crippen LogP contribution in [0.2, 0.25) is 0 Å². The van der Waals surface area contributed by atoms with Crippen LogP contribution in [0.3, 0.4) is 0 Å². The number of halogens is 3. The van der Waals surface area contributed by atoms with Crippen molar-refractivity contribution in [2.24, 2.45) is 5.92 Å². The van der Waals surface area contributed by atoms with Gasteiger partial charge >= 0.3 is 0 Å². The van der Waals surface area contributed by atoms with Crippen LogP contribution in [-0.2, 0) is 6.54 Å². The number of aryl methyl sites for hydroxylation is 1. The van der Waals surface area contributed by atoms with Gasteiger partial charge in [-0.3, -0.25) is 4.79 Å². The van der Waals surface area contributed by atoms with E-state index in [9.17, 15) is 18.0 Å². The first-order valence-corrected chi connectivity index (χ1v) is 11.7. The van der Waals surface area contributed by atoms with Gasteiger partial charge in [-0.05, 0) is 62.1 Å². The number of aromatic nitrogens is 2. The van der Waals surface area contributed by atoms with Gasteiger partial charge in [0.25, 0.3) is 5.91 Å². The molecule has 0 aliphatic heterocycles. The fourth-order valence-electron chi connectivity index (χ4n) is 4.06. The van der Waals surface area contributed by atoms with E-state index in [0.29, 0.717) is 29.4 Å². The van der Waals surface area contributed by atoms with Crippen molar-refractivity contribution in [3.8, 4) is 17.3 Å². The summed E-state index contributed by atoms with van der Waals surface area (Å²) in [6, 6.07) is 18.1. The van der Waals surface area contributed by atoms with Crippen LogP contribution in [0.1, 0.15) is 34.5 Å². The van der Waals surface area contributed by atoms with E-state index in [-0.39, 0.29) is 23.7 Å². The Morgan fingerprint density at radius 2 is 1.72 bits per heavy atom. The number of hydrogen-bond acceptors (Lipinski definition) is 3. The Morgan fingerprint density at radius 1 is 1.00 bits per heavy atom. The van der Waals surface area contributed by atoms with Crippen LogP contribution in [0, 0.1) is 30.3 Å². The largest absolute Gasteiger partial charge is 0.435 e. The first-order chi connectivity index (χ1) is 17.4. The summed E-state index contributed by atoms with van der Waals surface area (Å²) in [6.07, 6.45) is 1.99. The fraction of sp³-hybridized carbons (Fsp3) is 0.214. The Balaban J connectivity index is 1.57. The van der Waals surface area contributed by atoms with E-state index in [2.05, 4.69) is 5.10 Å². The highest BCUT2D eigenvalue weighted by Crippen LogP contribution is 2.35. The summed E-state index contributed by atoms with van der Waals surface area (Å²) in [5, 5.41) is 4.60. The molecule has 5 rings (SSSR count). The first kappa shape index (κ1) is 23.7. The third-order valence-electron chi connectivity index (χ3n) is 6.15.